The number of nitrogens with one attached hydrogen (secondary N) is 1. The Hall–Kier alpha value is -1.52. The molecule has 0 atom stereocenters. The molecule has 0 aliphatic heterocycles. The van der Waals surface area contributed by atoms with Crippen LogP contribution in [0, 0.1) is 0 Å². The van der Waals surface area contributed by atoms with E-state index in [1.54, 1.807) is 6.07 Å². The molecule has 13 heavy (non-hydrogen) atoms. The standard InChI is InChI=1S/C8H10FN3O/c1-8(2,9)6(13)12-7-10-4-3-5-11-7/h3-5H,1-2H3,(H,10,11,12,13). The fourth-order valence-corrected chi connectivity index (χ4v) is 0.614. The number of amides is 1. The number of hydrogen-bond donors (Lipinski definition) is 1. The molecule has 0 saturated carbocycles. The number of halogens is 1. The maximum absolute atomic E-state index is 13.0. The molecule has 1 N–H and O–H groups in total. The second kappa shape index (κ2) is 3.47. The monoisotopic (exact) mass is 183 g/mol. The van der Waals surface area contributed by atoms with Gasteiger partial charge in [0.05, 0.1) is 0 Å². The molecule has 0 aliphatic carbocycles. The van der Waals surface area contributed by atoms with Crippen molar-refractivity contribution in [2.45, 2.75) is 19.5 Å². The highest BCUT2D eigenvalue weighted by Crippen LogP contribution is 2.10. The largest absolute Gasteiger partial charge is 0.292 e. The first kappa shape index (κ1) is 9.57. The lowest BCUT2D eigenvalue weighted by Crippen LogP contribution is -2.33. The van der Waals surface area contributed by atoms with E-state index in [4.69, 9.17) is 0 Å². The van der Waals surface area contributed by atoms with E-state index in [1.807, 2.05) is 0 Å². The summed E-state index contributed by atoms with van der Waals surface area (Å²) < 4.78 is 13.0. The lowest BCUT2D eigenvalue weighted by molar-refractivity contribution is -0.125. The van der Waals surface area contributed by atoms with E-state index in [1.165, 1.54) is 26.2 Å². The molecule has 1 heterocycles. The molecule has 0 radical (unpaired) electrons. The van der Waals surface area contributed by atoms with Gasteiger partial charge in [-0.1, -0.05) is 0 Å². The van der Waals surface area contributed by atoms with Gasteiger partial charge in [0.2, 0.25) is 5.95 Å². The first-order chi connectivity index (χ1) is 6.00. The Morgan fingerprint density at radius 2 is 2.00 bits per heavy atom. The molecular formula is C8H10FN3O. The Bertz CT molecular complexity index is 294. The van der Waals surface area contributed by atoms with Gasteiger partial charge in [-0.05, 0) is 19.9 Å². The van der Waals surface area contributed by atoms with Crippen molar-refractivity contribution in [3.8, 4) is 0 Å². The Kier molecular flexibility index (Phi) is 2.55. The van der Waals surface area contributed by atoms with Crippen molar-refractivity contribution in [3.63, 3.8) is 0 Å². The number of hydrogen-bond acceptors (Lipinski definition) is 3. The summed E-state index contributed by atoms with van der Waals surface area (Å²) >= 11 is 0. The van der Waals surface area contributed by atoms with Crippen LogP contribution in [-0.4, -0.2) is 21.5 Å². The lowest BCUT2D eigenvalue weighted by atomic mass is 10.1. The first-order valence-electron chi connectivity index (χ1n) is 3.77. The summed E-state index contributed by atoms with van der Waals surface area (Å²) in [6.45, 7) is 2.34. The third kappa shape index (κ3) is 2.77. The molecule has 0 unspecified atom stereocenters. The lowest BCUT2D eigenvalue weighted by Gasteiger charge is -2.12. The van der Waals surface area contributed by atoms with Gasteiger partial charge in [-0.3, -0.25) is 10.1 Å². The molecule has 0 fully saturated rings. The second-order valence-electron chi connectivity index (χ2n) is 3.00. The minimum atomic E-state index is -1.92. The van der Waals surface area contributed by atoms with Crippen LogP contribution in [0.2, 0.25) is 0 Å². The van der Waals surface area contributed by atoms with Crippen LogP contribution in [0.5, 0.6) is 0 Å². The SMILES string of the molecule is CC(C)(F)C(=O)Nc1ncccn1. The summed E-state index contributed by atoms with van der Waals surface area (Å²) in [5.41, 5.74) is -1.92. The fraction of sp³-hybridized carbons (Fsp3) is 0.375. The number of alkyl halides is 1. The fourth-order valence-electron chi connectivity index (χ4n) is 0.614. The van der Waals surface area contributed by atoms with E-state index in [2.05, 4.69) is 15.3 Å². The predicted octanol–water partition coefficient (Wildman–Crippen LogP) is 1.16. The van der Waals surface area contributed by atoms with Crippen molar-refractivity contribution in [1.29, 1.82) is 0 Å². The maximum atomic E-state index is 13.0. The highest BCUT2D eigenvalue weighted by Gasteiger charge is 2.26. The third-order valence-electron chi connectivity index (χ3n) is 1.33. The van der Waals surface area contributed by atoms with Crippen LogP contribution in [0.1, 0.15) is 13.8 Å². The first-order valence-corrected chi connectivity index (χ1v) is 3.77. The van der Waals surface area contributed by atoms with Gasteiger partial charge < -0.3 is 0 Å². The van der Waals surface area contributed by atoms with Gasteiger partial charge in [0.15, 0.2) is 5.67 Å². The van der Waals surface area contributed by atoms with Crippen LogP contribution < -0.4 is 5.32 Å². The van der Waals surface area contributed by atoms with Crippen molar-refractivity contribution < 1.29 is 9.18 Å². The predicted molar refractivity (Wildman–Crippen MR) is 45.8 cm³/mol. The van der Waals surface area contributed by atoms with Gasteiger partial charge >= 0.3 is 0 Å². The normalized spacial score (nSPS) is 11.0. The summed E-state index contributed by atoms with van der Waals surface area (Å²) in [5, 5.41) is 2.25. The smallest absolute Gasteiger partial charge is 0.263 e. The highest BCUT2D eigenvalue weighted by molar-refractivity contribution is 5.95. The van der Waals surface area contributed by atoms with E-state index in [9.17, 15) is 9.18 Å². The number of anilines is 1. The quantitative estimate of drug-likeness (QED) is 0.748. The molecule has 0 bridgehead atoms. The van der Waals surface area contributed by atoms with E-state index in [0.717, 1.165) is 0 Å². The molecule has 0 aliphatic rings. The van der Waals surface area contributed by atoms with Crippen LogP contribution in [0.4, 0.5) is 10.3 Å². The zero-order chi connectivity index (χ0) is 9.90. The summed E-state index contributed by atoms with van der Waals surface area (Å²) in [7, 11) is 0. The molecule has 4 nitrogen and oxygen atoms in total. The Morgan fingerprint density at radius 1 is 1.46 bits per heavy atom. The zero-order valence-corrected chi connectivity index (χ0v) is 7.41. The second-order valence-corrected chi connectivity index (χ2v) is 3.00. The number of nitrogens with zero attached hydrogens (tertiary/aromatic N) is 2. The van der Waals surface area contributed by atoms with Crippen molar-refractivity contribution >= 4 is 11.9 Å². The Morgan fingerprint density at radius 3 is 2.46 bits per heavy atom. The van der Waals surface area contributed by atoms with Crippen molar-refractivity contribution in [3.05, 3.63) is 18.5 Å². The summed E-state index contributed by atoms with van der Waals surface area (Å²) in [5.74, 6) is -0.642. The summed E-state index contributed by atoms with van der Waals surface area (Å²) in [4.78, 5) is 18.5. The van der Waals surface area contributed by atoms with Gasteiger partial charge in [-0.2, -0.15) is 0 Å². The Balaban J connectivity index is 2.66. The van der Waals surface area contributed by atoms with Crippen LogP contribution >= 0.6 is 0 Å². The van der Waals surface area contributed by atoms with Gasteiger partial charge in [-0.25, -0.2) is 14.4 Å². The highest BCUT2D eigenvalue weighted by atomic mass is 19.1. The van der Waals surface area contributed by atoms with Crippen molar-refractivity contribution in [1.82, 2.24) is 9.97 Å². The maximum Gasteiger partial charge on any atom is 0.263 e. The summed E-state index contributed by atoms with van der Waals surface area (Å²) in [6.07, 6.45) is 2.93. The molecule has 0 spiro atoms. The molecule has 1 aromatic heterocycles. The molecule has 1 amide bonds. The third-order valence-corrected chi connectivity index (χ3v) is 1.33. The average molecular weight is 183 g/mol. The van der Waals surface area contributed by atoms with Crippen LogP contribution in [0.3, 0.4) is 0 Å². The molecule has 1 aromatic rings. The van der Waals surface area contributed by atoms with Gasteiger partial charge in [0.1, 0.15) is 0 Å². The van der Waals surface area contributed by atoms with Crippen LogP contribution in [0.15, 0.2) is 18.5 Å². The minimum Gasteiger partial charge on any atom is -0.292 e. The Labute approximate surface area is 75.2 Å². The molecule has 70 valence electrons. The van der Waals surface area contributed by atoms with E-state index in [-0.39, 0.29) is 5.95 Å². The number of carbonyl (C=O) groups excluding carboxylic acids is 1. The van der Waals surface area contributed by atoms with Crippen molar-refractivity contribution in [2.24, 2.45) is 0 Å². The number of rotatable bonds is 2. The zero-order valence-electron chi connectivity index (χ0n) is 7.41. The van der Waals surface area contributed by atoms with Gasteiger partial charge in [-0.15, -0.1) is 0 Å². The molecule has 1 rings (SSSR count). The molecule has 0 saturated heterocycles. The van der Waals surface area contributed by atoms with E-state index >= 15 is 0 Å². The molecule has 0 aromatic carbocycles. The minimum absolute atomic E-state index is 0.109. The molecular weight excluding hydrogens is 173 g/mol. The topological polar surface area (TPSA) is 54.9 Å². The number of aromatic nitrogens is 2. The average Bonchev–Trinajstić information content (AvgIpc) is 2.04. The van der Waals surface area contributed by atoms with Gasteiger partial charge in [0.25, 0.3) is 5.91 Å². The van der Waals surface area contributed by atoms with Crippen molar-refractivity contribution in [2.75, 3.05) is 5.32 Å². The van der Waals surface area contributed by atoms with E-state index in [0.29, 0.717) is 0 Å². The van der Waals surface area contributed by atoms with Crippen LogP contribution in [-0.2, 0) is 4.79 Å². The van der Waals surface area contributed by atoms with Gasteiger partial charge in [0, 0.05) is 12.4 Å². The van der Waals surface area contributed by atoms with Crippen LogP contribution in [0.25, 0.3) is 0 Å². The summed E-state index contributed by atoms with van der Waals surface area (Å²) in [6, 6.07) is 1.61. The number of carbonyl (C=O) groups is 1. The molecule has 5 heteroatoms. The van der Waals surface area contributed by atoms with E-state index < -0.39 is 11.6 Å².